The Morgan fingerprint density at radius 1 is 0.824 bits per heavy atom. The molecule has 84 valence electrons. The van der Waals surface area contributed by atoms with Crippen LogP contribution in [0.1, 0.15) is 23.1 Å². The van der Waals surface area contributed by atoms with Crippen molar-refractivity contribution in [2.24, 2.45) is 4.99 Å². The molecule has 0 spiro atoms. The van der Waals surface area contributed by atoms with Gasteiger partial charge in [0.25, 0.3) is 0 Å². The van der Waals surface area contributed by atoms with Gasteiger partial charge in [-0.15, -0.1) is 0 Å². The Kier molecular flexibility index (Phi) is 2.74. The minimum absolute atomic E-state index is 0.929. The average molecular weight is 221 g/mol. The molecule has 1 heteroatoms. The van der Waals surface area contributed by atoms with Gasteiger partial charge >= 0.3 is 0 Å². The summed E-state index contributed by atoms with van der Waals surface area (Å²) in [5, 5.41) is 0. The topological polar surface area (TPSA) is 12.4 Å². The van der Waals surface area contributed by atoms with Crippen LogP contribution >= 0.6 is 0 Å². The van der Waals surface area contributed by atoms with E-state index in [1.54, 1.807) is 0 Å². The predicted octanol–water partition coefficient (Wildman–Crippen LogP) is 3.47. The molecular weight excluding hydrogens is 206 g/mol. The zero-order valence-electron chi connectivity index (χ0n) is 9.76. The summed E-state index contributed by atoms with van der Waals surface area (Å²) in [5.74, 6) is 0. The molecule has 0 unspecified atom stereocenters. The van der Waals surface area contributed by atoms with E-state index in [4.69, 9.17) is 4.99 Å². The average Bonchev–Trinajstić information content (AvgIpc) is 2.62. The van der Waals surface area contributed by atoms with Gasteiger partial charge in [-0.25, -0.2) is 0 Å². The van der Waals surface area contributed by atoms with E-state index < -0.39 is 0 Å². The smallest absolute Gasteiger partial charge is 0.0721 e. The van der Waals surface area contributed by atoms with Crippen molar-refractivity contribution in [2.45, 2.75) is 12.8 Å². The number of nitrogens with zero attached hydrogens (tertiary/aromatic N) is 1. The molecule has 0 saturated carbocycles. The summed E-state index contributed by atoms with van der Waals surface area (Å²) in [4.78, 5) is 4.75. The van der Waals surface area contributed by atoms with E-state index in [-0.39, 0.29) is 0 Å². The number of fused-ring (bicyclic) bond motifs is 1. The first kappa shape index (κ1) is 10.3. The number of rotatable bonds is 1. The van der Waals surface area contributed by atoms with Gasteiger partial charge in [0.1, 0.15) is 0 Å². The summed E-state index contributed by atoms with van der Waals surface area (Å²) in [6, 6.07) is 19.1. The number of benzene rings is 2. The third kappa shape index (κ3) is 2.01. The van der Waals surface area contributed by atoms with Crippen LogP contribution < -0.4 is 0 Å². The molecule has 0 bridgehead atoms. The van der Waals surface area contributed by atoms with Crippen molar-refractivity contribution in [3.8, 4) is 0 Å². The quantitative estimate of drug-likeness (QED) is 0.699. The first-order chi connectivity index (χ1) is 8.45. The standard InChI is InChI=1S/C16H15N/c1-2-8-14(9-3-1)16-15-11-5-4-7-13(15)10-6-12-17-16/h1-5,7-9,11H,6,10,12H2. The first-order valence-electron chi connectivity index (χ1n) is 6.13. The van der Waals surface area contributed by atoms with Gasteiger partial charge in [-0.3, -0.25) is 4.99 Å². The van der Waals surface area contributed by atoms with Gasteiger partial charge < -0.3 is 0 Å². The fourth-order valence-electron chi connectivity index (χ4n) is 2.36. The minimum atomic E-state index is 0.929. The van der Waals surface area contributed by atoms with Crippen LogP contribution in [0, 0.1) is 0 Å². The van der Waals surface area contributed by atoms with Crippen molar-refractivity contribution in [1.82, 2.24) is 0 Å². The highest BCUT2D eigenvalue weighted by Crippen LogP contribution is 2.20. The highest BCUT2D eigenvalue weighted by molar-refractivity contribution is 6.13. The van der Waals surface area contributed by atoms with Gasteiger partial charge in [-0.05, 0) is 18.4 Å². The Morgan fingerprint density at radius 3 is 2.47 bits per heavy atom. The summed E-state index contributed by atoms with van der Waals surface area (Å²) in [6.45, 7) is 0.929. The van der Waals surface area contributed by atoms with Crippen LogP contribution in [0.3, 0.4) is 0 Å². The van der Waals surface area contributed by atoms with E-state index in [0.717, 1.165) is 25.1 Å². The summed E-state index contributed by atoms with van der Waals surface area (Å²) in [7, 11) is 0. The Morgan fingerprint density at radius 2 is 1.59 bits per heavy atom. The largest absolute Gasteiger partial charge is 0.284 e. The van der Waals surface area contributed by atoms with Gasteiger partial charge in [0.15, 0.2) is 0 Å². The maximum Gasteiger partial charge on any atom is 0.0721 e. The molecule has 1 heterocycles. The maximum absolute atomic E-state index is 4.75. The van der Waals surface area contributed by atoms with Gasteiger partial charge in [0, 0.05) is 17.7 Å². The Balaban J connectivity index is 2.14. The van der Waals surface area contributed by atoms with E-state index in [9.17, 15) is 0 Å². The van der Waals surface area contributed by atoms with Crippen LogP contribution in [0.25, 0.3) is 0 Å². The monoisotopic (exact) mass is 221 g/mol. The Labute approximate surface area is 102 Å². The van der Waals surface area contributed by atoms with E-state index in [1.807, 2.05) is 6.07 Å². The lowest BCUT2D eigenvalue weighted by atomic mass is 9.96. The second-order valence-corrected chi connectivity index (χ2v) is 4.36. The zero-order chi connectivity index (χ0) is 11.5. The van der Waals surface area contributed by atoms with Crippen LogP contribution in [0.5, 0.6) is 0 Å². The SMILES string of the molecule is c1ccc(C2=NCCCc3ccccc32)cc1. The summed E-state index contributed by atoms with van der Waals surface area (Å²) in [6.07, 6.45) is 2.28. The molecule has 0 amide bonds. The molecule has 0 saturated heterocycles. The second kappa shape index (κ2) is 4.54. The molecule has 2 aromatic carbocycles. The van der Waals surface area contributed by atoms with E-state index in [2.05, 4.69) is 48.5 Å². The third-order valence-corrected chi connectivity index (χ3v) is 3.19. The van der Waals surface area contributed by atoms with E-state index in [0.29, 0.717) is 0 Å². The van der Waals surface area contributed by atoms with Crippen molar-refractivity contribution in [3.63, 3.8) is 0 Å². The van der Waals surface area contributed by atoms with Crippen LogP contribution in [0.2, 0.25) is 0 Å². The maximum atomic E-state index is 4.75. The lowest BCUT2D eigenvalue weighted by molar-refractivity contribution is 0.845. The van der Waals surface area contributed by atoms with Crippen molar-refractivity contribution in [3.05, 3.63) is 71.3 Å². The Hall–Kier alpha value is -1.89. The molecular formula is C16H15N. The first-order valence-corrected chi connectivity index (χ1v) is 6.13. The van der Waals surface area contributed by atoms with Crippen LogP contribution in [-0.4, -0.2) is 12.3 Å². The molecule has 3 rings (SSSR count). The number of hydrogen-bond acceptors (Lipinski definition) is 1. The van der Waals surface area contributed by atoms with Crippen molar-refractivity contribution in [1.29, 1.82) is 0 Å². The normalized spacial score (nSPS) is 14.7. The molecule has 0 aliphatic carbocycles. The van der Waals surface area contributed by atoms with Crippen molar-refractivity contribution >= 4 is 5.71 Å². The van der Waals surface area contributed by atoms with Crippen molar-refractivity contribution < 1.29 is 0 Å². The fourth-order valence-corrected chi connectivity index (χ4v) is 2.36. The van der Waals surface area contributed by atoms with Crippen molar-refractivity contribution in [2.75, 3.05) is 6.54 Å². The van der Waals surface area contributed by atoms with Crippen LogP contribution in [-0.2, 0) is 6.42 Å². The molecule has 17 heavy (non-hydrogen) atoms. The fraction of sp³-hybridized carbons (Fsp3) is 0.188. The third-order valence-electron chi connectivity index (χ3n) is 3.19. The van der Waals surface area contributed by atoms with Gasteiger partial charge in [-0.1, -0.05) is 54.6 Å². The van der Waals surface area contributed by atoms with Gasteiger partial charge in [-0.2, -0.15) is 0 Å². The molecule has 0 N–H and O–H groups in total. The molecule has 1 nitrogen and oxygen atoms in total. The number of hydrogen-bond donors (Lipinski definition) is 0. The lowest BCUT2D eigenvalue weighted by Gasteiger charge is -2.09. The lowest BCUT2D eigenvalue weighted by Crippen LogP contribution is -2.05. The molecule has 0 fully saturated rings. The highest BCUT2D eigenvalue weighted by Gasteiger charge is 2.13. The molecule has 0 aromatic heterocycles. The molecule has 0 radical (unpaired) electrons. The van der Waals surface area contributed by atoms with Crippen LogP contribution in [0.15, 0.2) is 59.6 Å². The molecule has 2 aromatic rings. The van der Waals surface area contributed by atoms with Gasteiger partial charge in [0.2, 0.25) is 0 Å². The molecule has 1 aliphatic rings. The summed E-state index contributed by atoms with van der Waals surface area (Å²) >= 11 is 0. The number of aryl methyl sites for hydroxylation is 1. The second-order valence-electron chi connectivity index (χ2n) is 4.36. The number of aliphatic imine (C=N–C) groups is 1. The van der Waals surface area contributed by atoms with E-state index in [1.165, 1.54) is 16.7 Å². The van der Waals surface area contributed by atoms with E-state index >= 15 is 0 Å². The molecule has 1 aliphatic heterocycles. The molecule has 0 atom stereocenters. The Bertz CT molecular complexity index is 540. The van der Waals surface area contributed by atoms with Crippen LogP contribution in [0.4, 0.5) is 0 Å². The summed E-state index contributed by atoms with van der Waals surface area (Å²) < 4.78 is 0. The highest BCUT2D eigenvalue weighted by atomic mass is 14.7. The minimum Gasteiger partial charge on any atom is -0.284 e. The van der Waals surface area contributed by atoms with Gasteiger partial charge in [0.05, 0.1) is 5.71 Å². The zero-order valence-corrected chi connectivity index (χ0v) is 9.76. The predicted molar refractivity (Wildman–Crippen MR) is 71.7 cm³/mol. The summed E-state index contributed by atoms with van der Waals surface area (Å²) in [5.41, 5.74) is 5.10.